The highest BCUT2D eigenvalue weighted by atomic mass is 31.3. The Hall–Kier alpha value is -1.13. The van der Waals surface area contributed by atoms with Gasteiger partial charge in [-0.1, -0.05) is 0 Å². The van der Waals surface area contributed by atoms with Crippen molar-refractivity contribution in [2.75, 3.05) is 6.61 Å². The molecule has 2 heterocycles. The van der Waals surface area contributed by atoms with Gasteiger partial charge in [-0.25, -0.2) is 27.3 Å². The van der Waals surface area contributed by atoms with Crippen molar-refractivity contribution < 1.29 is 65.0 Å². The van der Waals surface area contributed by atoms with E-state index >= 15 is 0 Å². The highest BCUT2D eigenvalue weighted by Gasteiger charge is 2.58. The first kappa shape index (κ1) is 25.1. The Bertz CT molecular complexity index is 1050. The molecule has 1 aromatic rings. The molecular weight excluding hydrogens is 491 g/mol. The lowest BCUT2D eigenvalue weighted by atomic mass is 10.1. The van der Waals surface area contributed by atoms with Crippen molar-refractivity contribution in [3.05, 3.63) is 33.1 Å². The number of phosphoric ester groups is 1. The largest absolute Gasteiger partial charge is 0.490 e. The van der Waals surface area contributed by atoms with E-state index in [1.807, 2.05) is 0 Å². The zero-order valence-electron chi connectivity index (χ0n) is 14.0. The summed E-state index contributed by atoms with van der Waals surface area (Å²) < 4.78 is 77.9. The fourth-order valence-corrected chi connectivity index (χ4v) is 5.19. The number of halogens is 2. The topological polar surface area (TPSA) is 244 Å². The van der Waals surface area contributed by atoms with Gasteiger partial charge in [0.25, 0.3) is 11.4 Å². The zero-order chi connectivity index (χ0) is 23.1. The van der Waals surface area contributed by atoms with Crippen molar-refractivity contribution in [3.63, 3.8) is 0 Å². The highest BCUT2D eigenvalue weighted by molar-refractivity contribution is 7.66. The second-order valence-corrected chi connectivity index (χ2v) is 9.99. The number of nitrogens with one attached hydrogen (secondary N) is 1. The van der Waals surface area contributed by atoms with Crippen LogP contribution in [0.5, 0.6) is 0 Å². The van der Waals surface area contributed by atoms with Crippen LogP contribution in [0.4, 0.5) is 8.78 Å². The van der Waals surface area contributed by atoms with Crippen molar-refractivity contribution in [1.29, 1.82) is 0 Å². The summed E-state index contributed by atoms with van der Waals surface area (Å²) in [7, 11) is -17.4. The second-order valence-electron chi connectivity index (χ2n) is 5.57. The number of aromatic nitrogens is 2. The molecule has 2 rings (SSSR count). The molecule has 30 heavy (non-hydrogen) atoms. The molecule has 6 atom stereocenters. The molecule has 172 valence electrons. The van der Waals surface area contributed by atoms with Gasteiger partial charge in [0.15, 0.2) is 18.5 Å². The smallest absolute Gasteiger partial charge is 0.384 e. The van der Waals surface area contributed by atoms with Gasteiger partial charge in [-0.05, 0) is 0 Å². The number of aromatic amines is 1. The van der Waals surface area contributed by atoms with Crippen LogP contribution < -0.4 is 11.2 Å². The summed E-state index contributed by atoms with van der Waals surface area (Å²) in [4.78, 5) is 59.5. The molecule has 16 nitrogen and oxygen atoms in total. The quantitative estimate of drug-likeness (QED) is 0.227. The molecule has 0 radical (unpaired) electrons. The van der Waals surface area contributed by atoms with Crippen LogP contribution in [0.25, 0.3) is 0 Å². The van der Waals surface area contributed by atoms with Crippen LogP contribution in [0, 0.1) is 0 Å². The van der Waals surface area contributed by atoms with Crippen LogP contribution in [0.1, 0.15) is 6.23 Å². The number of rotatable bonds is 8. The Balaban J connectivity index is 2.15. The Morgan fingerprint density at radius 2 is 1.77 bits per heavy atom. The van der Waals surface area contributed by atoms with Gasteiger partial charge in [0.2, 0.25) is 0 Å². The normalized spacial score (nSPS) is 31.2. The average Bonchev–Trinajstić information content (AvgIpc) is 2.75. The van der Waals surface area contributed by atoms with E-state index in [1.54, 1.807) is 4.98 Å². The van der Waals surface area contributed by atoms with Crippen molar-refractivity contribution >= 4 is 23.5 Å². The van der Waals surface area contributed by atoms with Crippen molar-refractivity contribution in [2.24, 2.45) is 0 Å². The van der Waals surface area contributed by atoms with Gasteiger partial charge in [0.1, 0.15) is 6.61 Å². The number of alkyl halides is 2. The Morgan fingerprint density at radius 3 is 2.30 bits per heavy atom. The van der Waals surface area contributed by atoms with Crippen LogP contribution in [0.2, 0.25) is 0 Å². The number of H-pyrrole nitrogens is 1. The summed E-state index contributed by atoms with van der Waals surface area (Å²) in [5, 5.41) is 9.69. The van der Waals surface area contributed by atoms with Crippen molar-refractivity contribution in [3.8, 4) is 0 Å². The first-order valence-corrected chi connectivity index (χ1v) is 11.8. The summed E-state index contributed by atoms with van der Waals surface area (Å²) in [6.45, 7) is -1.83. The molecule has 1 fully saturated rings. The second kappa shape index (κ2) is 8.43. The van der Waals surface area contributed by atoms with Crippen molar-refractivity contribution in [1.82, 2.24) is 9.55 Å². The highest BCUT2D eigenvalue weighted by Crippen LogP contribution is 2.66. The van der Waals surface area contributed by atoms with Gasteiger partial charge >= 0.3 is 29.2 Å². The van der Waals surface area contributed by atoms with E-state index < -0.39 is 65.7 Å². The molecule has 1 aliphatic rings. The third-order valence-electron chi connectivity index (χ3n) is 3.30. The molecule has 0 aromatic carbocycles. The van der Waals surface area contributed by atoms with Gasteiger partial charge in [-0.2, -0.15) is 8.62 Å². The van der Waals surface area contributed by atoms with E-state index in [0.29, 0.717) is 10.8 Å². The summed E-state index contributed by atoms with van der Waals surface area (Å²) in [5.41, 5.74) is -2.14. The van der Waals surface area contributed by atoms with Crippen LogP contribution >= 0.6 is 23.5 Å². The zero-order valence-corrected chi connectivity index (χ0v) is 16.7. The number of hydrogen-bond donors (Lipinski definition) is 6. The molecule has 0 aliphatic carbocycles. The Morgan fingerprint density at radius 1 is 1.17 bits per heavy atom. The van der Waals surface area contributed by atoms with Gasteiger partial charge in [-0.3, -0.25) is 18.9 Å². The predicted molar refractivity (Wildman–Crippen MR) is 86.0 cm³/mol. The predicted octanol–water partition coefficient (Wildman–Crippen LogP) is -1.23. The average molecular weight is 504 g/mol. The number of ether oxygens (including phenoxy) is 1. The van der Waals surface area contributed by atoms with E-state index in [1.165, 1.54) is 0 Å². The molecule has 6 N–H and O–H groups in total. The lowest BCUT2D eigenvalue weighted by molar-refractivity contribution is -0.204. The van der Waals surface area contributed by atoms with Gasteiger partial charge in [-0.15, -0.1) is 0 Å². The van der Waals surface area contributed by atoms with E-state index in [4.69, 9.17) is 14.7 Å². The number of nitrogens with zero attached hydrogens (tertiary/aromatic N) is 1. The van der Waals surface area contributed by atoms with Crippen LogP contribution in [-0.4, -0.2) is 59.0 Å². The van der Waals surface area contributed by atoms with Crippen molar-refractivity contribution in [2.45, 2.75) is 24.4 Å². The minimum Gasteiger partial charge on any atom is -0.384 e. The lowest BCUT2D eigenvalue weighted by Gasteiger charge is -2.24. The third-order valence-corrected chi connectivity index (χ3v) is 7.08. The number of phosphoric acid groups is 3. The minimum atomic E-state index is -5.90. The number of aliphatic hydroxyl groups excluding tert-OH is 1. The van der Waals surface area contributed by atoms with E-state index in [-0.39, 0.29) is 0 Å². The third kappa shape index (κ3) is 6.20. The molecular formula is C9H13F2N2O14P3. The van der Waals surface area contributed by atoms with Gasteiger partial charge < -0.3 is 29.4 Å². The maximum absolute atomic E-state index is 14.7. The molecule has 1 aliphatic heterocycles. The molecule has 0 amide bonds. The molecule has 0 saturated carbocycles. The van der Waals surface area contributed by atoms with E-state index in [2.05, 4.69) is 17.9 Å². The molecule has 21 heteroatoms. The molecule has 0 spiro atoms. The number of hydrogen-bond acceptors (Lipinski definition) is 10. The maximum Gasteiger partial charge on any atom is 0.490 e. The first-order chi connectivity index (χ1) is 13.4. The van der Waals surface area contributed by atoms with Gasteiger partial charge in [0.05, 0.1) is 0 Å². The van der Waals surface area contributed by atoms with Crippen LogP contribution in [0.15, 0.2) is 21.9 Å². The first-order valence-electron chi connectivity index (χ1n) is 7.23. The molecule has 1 aromatic heterocycles. The van der Waals surface area contributed by atoms with Crippen LogP contribution in [-0.2, 0) is 31.6 Å². The monoisotopic (exact) mass is 504 g/mol. The van der Waals surface area contributed by atoms with E-state index in [0.717, 1.165) is 6.07 Å². The van der Waals surface area contributed by atoms with Gasteiger partial charge in [0, 0.05) is 12.3 Å². The summed E-state index contributed by atoms with van der Waals surface area (Å²) in [6, 6.07) is 0.744. The Labute approximate surface area is 163 Å². The summed E-state index contributed by atoms with van der Waals surface area (Å²) in [6.07, 6.45) is -6.85. The maximum atomic E-state index is 14.7. The lowest BCUT2D eigenvalue weighted by Crippen LogP contribution is -2.41. The fraction of sp³-hybridized carbons (Fsp3) is 0.556. The minimum absolute atomic E-state index is 0.349. The molecule has 2 unspecified atom stereocenters. The molecule has 0 bridgehead atoms. The van der Waals surface area contributed by atoms with E-state index in [9.17, 15) is 42.1 Å². The Kier molecular flexibility index (Phi) is 7.06. The summed E-state index contributed by atoms with van der Waals surface area (Å²) in [5.74, 6) is -3.62. The molecule has 1 saturated heterocycles. The number of aliphatic hydroxyl groups is 1. The SMILES string of the molecule is O=c1ccn([C@@H]2O[C@](F)(COP(=O)(O)OP(=O)(O)OP(=O)(O)O)[C@@H](O)[C@H]2F)c(=O)[nH]1. The fourth-order valence-electron chi connectivity index (χ4n) is 2.16. The summed E-state index contributed by atoms with van der Waals surface area (Å²) >= 11 is 0. The van der Waals surface area contributed by atoms with Crippen LogP contribution in [0.3, 0.4) is 0 Å². The standard InChI is InChI=1S/C9H13F2N2O14P3/c10-5-6(15)9(11,25-7(5)13-2-1-4(14)12-8(13)16)3-24-29(20,21)27-30(22,23)26-28(17,18)19/h1-2,5-7,15H,3H2,(H,20,21)(H,22,23)(H,12,14,16)(H2,17,18,19)/t5-,6+,7-,9-/m1/s1.